The molecule has 1 unspecified atom stereocenters. The first-order chi connectivity index (χ1) is 10.1. The summed E-state index contributed by atoms with van der Waals surface area (Å²) in [5.74, 6) is -0.397. The molecule has 2 aromatic carbocycles. The summed E-state index contributed by atoms with van der Waals surface area (Å²) in [6, 6.07) is 15.5. The van der Waals surface area contributed by atoms with Crippen LogP contribution in [0.15, 0.2) is 48.5 Å². The predicted octanol–water partition coefficient (Wildman–Crippen LogP) is 3.62. The van der Waals surface area contributed by atoms with E-state index in [4.69, 9.17) is 10.5 Å². The van der Waals surface area contributed by atoms with Crippen LogP contribution in [-0.4, -0.2) is 12.6 Å². The molecule has 0 fully saturated rings. The minimum Gasteiger partial charge on any atom is -0.462 e. The fourth-order valence-corrected chi connectivity index (χ4v) is 2.11. The van der Waals surface area contributed by atoms with Gasteiger partial charge in [-0.05, 0) is 37.6 Å². The molecule has 1 atom stereocenters. The Hall–Kier alpha value is -2.49. The van der Waals surface area contributed by atoms with Crippen LogP contribution in [0.1, 0.15) is 35.8 Å². The van der Waals surface area contributed by atoms with Crippen molar-refractivity contribution in [1.29, 1.82) is 0 Å². The number of nitrogens with one attached hydrogen (secondary N) is 1. The lowest BCUT2D eigenvalue weighted by molar-refractivity contribution is 0.0527. The van der Waals surface area contributed by atoms with Crippen LogP contribution in [0, 0.1) is 0 Å². The minimum atomic E-state index is -0.397. The third kappa shape index (κ3) is 3.75. The first-order valence-electron chi connectivity index (χ1n) is 7.00. The van der Waals surface area contributed by atoms with Crippen LogP contribution >= 0.6 is 0 Å². The zero-order valence-corrected chi connectivity index (χ0v) is 12.3. The summed E-state index contributed by atoms with van der Waals surface area (Å²) < 4.78 is 5.01. The summed E-state index contributed by atoms with van der Waals surface area (Å²) in [5, 5.41) is 3.36. The second-order valence-electron chi connectivity index (χ2n) is 4.80. The molecule has 0 aliphatic carbocycles. The highest BCUT2D eigenvalue weighted by Gasteiger charge is 2.12. The molecule has 0 saturated carbocycles. The lowest BCUT2D eigenvalue weighted by Gasteiger charge is -2.17. The molecule has 2 rings (SSSR count). The Labute approximate surface area is 124 Å². The van der Waals surface area contributed by atoms with Gasteiger partial charge in [-0.2, -0.15) is 0 Å². The van der Waals surface area contributed by atoms with Gasteiger partial charge in [-0.15, -0.1) is 0 Å². The van der Waals surface area contributed by atoms with E-state index in [1.165, 1.54) is 5.56 Å². The van der Waals surface area contributed by atoms with Crippen LogP contribution in [0.25, 0.3) is 0 Å². The summed E-state index contributed by atoms with van der Waals surface area (Å²) in [6.45, 7) is 4.17. The quantitative estimate of drug-likeness (QED) is 0.650. The molecule has 0 amide bonds. The Morgan fingerprint density at radius 2 is 1.95 bits per heavy atom. The van der Waals surface area contributed by atoms with Gasteiger partial charge in [0.2, 0.25) is 0 Å². The number of benzene rings is 2. The van der Waals surface area contributed by atoms with Crippen molar-refractivity contribution >= 4 is 17.3 Å². The van der Waals surface area contributed by atoms with Crippen molar-refractivity contribution in [3.63, 3.8) is 0 Å². The van der Waals surface area contributed by atoms with E-state index in [1.54, 1.807) is 19.1 Å². The summed E-state index contributed by atoms with van der Waals surface area (Å²) in [4.78, 5) is 11.8. The van der Waals surface area contributed by atoms with Gasteiger partial charge in [-0.1, -0.05) is 30.3 Å². The number of nitrogen functional groups attached to an aromatic ring is 1. The van der Waals surface area contributed by atoms with E-state index < -0.39 is 5.97 Å². The second-order valence-corrected chi connectivity index (χ2v) is 4.80. The first kappa shape index (κ1) is 14.9. The highest BCUT2D eigenvalue weighted by Crippen LogP contribution is 2.23. The van der Waals surface area contributed by atoms with Crippen molar-refractivity contribution in [3.8, 4) is 0 Å². The number of carbonyl (C=O) groups is 1. The lowest BCUT2D eigenvalue weighted by Crippen LogP contribution is -2.11. The van der Waals surface area contributed by atoms with E-state index in [0.717, 1.165) is 5.69 Å². The van der Waals surface area contributed by atoms with Crippen LogP contribution < -0.4 is 11.1 Å². The van der Waals surface area contributed by atoms with E-state index in [2.05, 4.69) is 24.4 Å². The number of hydrogen-bond donors (Lipinski definition) is 2. The third-order valence-corrected chi connectivity index (χ3v) is 3.23. The molecular formula is C17H20N2O2. The SMILES string of the molecule is CCOC(=O)c1cc(NC(C)c2ccccc2)ccc1N. The van der Waals surface area contributed by atoms with Crippen molar-refractivity contribution in [2.75, 3.05) is 17.7 Å². The Balaban J connectivity index is 2.17. The van der Waals surface area contributed by atoms with Crippen LogP contribution in [-0.2, 0) is 4.74 Å². The standard InChI is InChI=1S/C17H20N2O2/c1-3-21-17(20)15-11-14(9-10-16(15)18)19-12(2)13-7-5-4-6-8-13/h4-12,19H,3,18H2,1-2H3. The van der Waals surface area contributed by atoms with Crippen LogP contribution in [0.5, 0.6) is 0 Å². The fraction of sp³-hybridized carbons (Fsp3) is 0.235. The fourth-order valence-electron chi connectivity index (χ4n) is 2.11. The van der Waals surface area contributed by atoms with E-state index in [9.17, 15) is 4.79 Å². The molecule has 4 heteroatoms. The van der Waals surface area contributed by atoms with Gasteiger partial charge in [0.15, 0.2) is 0 Å². The van der Waals surface area contributed by atoms with Crippen molar-refractivity contribution in [2.24, 2.45) is 0 Å². The molecule has 0 heterocycles. The monoisotopic (exact) mass is 284 g/mol. The van der Waals surface area contributed by atoms with E-state index >= 15 is 0 Å². The number of hydrogen-bond acceptors (Lipinski definition) is 4. The zero-order chi connectivity index (χ0) is 15.2. The molecule has 110 valence electrons. The number of ether oxygens (including phenoxy) is 1. The summed E-state index contributed by atoms with van der Waals surface area (Å²) in [5.41, 5.74) is 8.66. The van der Waals surface area contributed by atoms with E-state index in [-0.39, 0.29) is 6.04 Å². The van der Waals surface area contributed by atoms with Crippen molar-refractivity contribution in [2.45, 2.75) is 19.9 Å². The Morgan fingerprint density at radius 3 is 2.62 bits per heavy atom. The minimum absolute atomic E-state index is 0.130. The molecular weight excluding hydrogens is 264 g/mol. The van der Waals surface area contributed by atoms with E-state index in [0.29, 0.717) is 17.9 Å². The smallest absolute Gasteiger partial charge is 0.340 e. The van der Waals surface area contributed by atoms with Crippen molar-refractivity contribution in [3.05, 3.63) is 59.7 Å². The van der Waals surface area contributed by atoms with Gasteiger partial charge in [-0.3, -0.25) is 0 Å². The second kappa shape index (κ2) is 6.79. The van der Waals surface area contributed by atoms with Crippen LogP contribution in [0.3, 0.4) is 0 Å². The van der Waals surface area contributed by atoms with Crippen LogP contribution in [0.2, 0.25) is 0 Å². The maximum absolute atomic E-state index is 11.8. The number of rotatable bonds is 5. The van der Waals surface area contributed by atoms with Crippen LogP contribution in [0.4, 0.5) is 11.4 Å². The van der Waals surface area contributed by atoms with Gasteiger partial charge < -0.3 is 15.8 Å². The molecule has 0 aromatic heterocycles. The molecule has 2 aromatic rings. The Kier molecular flexibility index (Phi) is 4.82. The van der Waals surface area contributed by atoms with Gasteiger partial charge in [0.05, 0.1) is 12.2 Å². The molecule has 0 radical (unpaired) electrons. The summed E-state index contributed by atoms with van der Waals surface area (Å²) in [7, 11) is 0. The summed E-state index contributed by atoms with van der Waals surface area (Å²) in [6.07, 6.45) is 0. The number of nitrogens with two attached hydrogens (primary N) is 1. The molecule has 0 spiro atoms. The van der Waals surface area contributed by atoms with Gasteiger partial charge in [0, 0.05) is 17.4 Å². The Morgan fingerprint density at radius 1 is 1.24 bits per heavy atom. The van der Waals surface area contributed by atoms with Crippen molar-refractivity contribution in [1.82, 2.24) is 0 Å². The number of carbonyl (C=O) groups excluding carboxylic acids is 1. The van der Waals surface area contributed by atoms with Gasteiger partial charge >= 0.3 is 5.97 Å². The topological polar surface area (TPSA) is 64.3 Å². The number of anilines is 2. The van der Waals surface area contributed by atoms with E-state index in [1.807, 2.05) is 24.3 Å². The Bertz CT molecular complexity index is 611. The van der Waals surface area contributed by atoms with Gasteiger partial charge in [0.1, 0.15) is 0 Å². The molecule has 4 nitrogen and oxygen atoms in total. The molecule has 21 heavy (non-hydrogen) atoms. The predicted molar refractivity (Wildman–Crippen MR) is 85.3 cm³/mol. The largest absolute Gasteiger partial charge is 0.462 e. The molecule has 0 bridgehead atoms. The maximum Gasteiger partial charge on any atom is 0.340 e. The average molecular weight is 284 g/mol. The van der Waals surface area contributed by atoms with Crippen molar-refractivity contribution < 1.29 is 9.53 Å². The average Bonchev–Trinajstić information content (AvgIpc) is 2.50. The molecule has 0 aliphatic rings. The highest BCUT2D eigenvalue weighted by atomic mass is 16.5. The molecule has 3 N–H and O–H groups in total. The first-order valence-corrected chi connectivity index (χ1v) is 7.00. The normalized spacial score (nSPS) is 11.7. The lowest BCUT2D eigenvalue weighted by atomic mass is 10.1. The highest BCUT2D eigenvalue weighted by molar-refractivity contribution is 5.96. The number of esters is 1. The molecule has 0 saturated heterocycles. The van der Waals surface area contributed by atoms with Gasteiger partial charge in [0.25, 0.3) is 0 Å². The maximum atomic E-state index is 11.8. The third-order valence-electron chi connectivity index (χ3n) is 3.23. The molecule has 0 aliphatic heterocycles. The zero-order valence-electron chi connectivity index (χ0n) is 12.3. The summed E-state index contributed by atoms with van der Waals surface area (Å²) >= 11 is 0. The van der Waals surface area contributed by atoms with Gasteiger partial charge in [-0.25, -0.2) is 4.79 Å².